The summed E-state index contributed by atoms with van der Waals surface area (Å²) in [4.78, 5) is 6.44. The predicted molar refractivity (Wildman–Crippen MR) is 114 cm³/mol. The minimum atomic E-state index is -3.24. The number of piperidine rings is 1. The van der Waals surface area contributed by atoms with Crippen LogP contribution >= 0.6 is 0 Å². The molecule has 2 fully saturated rings. The van der Waals surface area contributed by atoms with Gasteiger partial charge in [0.15, 0.2) is 15.8 Å². The van der Waals surface area contributed by atoms with Crippen molar-refractivity contribution in [2.45, 2.75) is 36.5 Å². The monoisotopic (exact) mass is 426 g/mol. The molecular formula is C20H31FN4O3S. The third-order valence-corrected chi connectivity index (χ3v) is 8.05. The molecule has 0 spiro atoms. The standard InChI is InChI=1S/C20H31FN4O3S/c1-22-19(23-15-20(29(2,26)27)8-11-28-12-9-20)24-17-6-4-10-25(14-17)18-7-3-5-16(21)13-18/h3,5,7,13,17H,4,6,8-12,14-15H2,1-2H3,(H2,22,23,24). The Kier molecular flexibility index (Phi) is 7.00. The first-order valence-corrected chi connectivity index (χ1v) is 12.0. The Hall–Kier alpha value is -1.87. The van der Waals surface area contributed by atoms with Crippen molar-refractivity contribution >= 4 is 21.5 Å². The molecule has 0 bridgehead atoms. The Balaban J connectivity index is 1.61. The molecule has 3 rings (SSSR count). The Labute approximate surface area is 172 Å². The van der Waals surface area contributed by atoms with Gasteiger partial charge in [-0.3, -0.25) is 4.99 Å². The summed E-state index contributed by atoms with van der Waals surface area (Å²) in [6.45, 7) is 2.81. The van der Waals surface area contributed by atoms with Crippen molar-refractivity contribution in [3.63, 3.8) is 0 Å². The molecule has 7 nitrogen and oxygen atoms in total. The largest absolute Gasteiger partial charge is 0.381 e. The molecule has 9 heteroatoms. The van der Waals surface area contributed by atoms with E-state index in [1.54, 1.807) is 19.2 Å². The fourth-order valence-corrected chi connectivity index (χ4v) is 5.30. The quantitative estimate of drug-likeness (QED) is 0.549. The van der Waals surface area contributed by atoms with Crippen LogP contribution in [0.4, 0.5) is 10.1 Å². The van der Waals surface area contributed by atoms with Crippen molar-refractivity contribution in [2.24, 2.45) is 4.99 Å². The number of hydrogen-bond acceptors (Lipinski definition) is 5. The van der Waals surface area contributed by atoms with E-state index in [-0.39, 0.29) is 11.9 Å². The molecule has 2 N–H and O–H groups in total. The number of nitrogens with one attached hydrogen (secondary N) is 2. The maximum atomic E-state index is 13.6. The number of rotatable bonds is 5. The van der Waals surface area contributed by atoms with Crippen LogP contribution < -0.4 is 15.5 Å². The van der Waals surface area contributed by atoms with E-state index < -0.39 is 14.6 Å². The number of aliphatic imine (C=N–C) groups is 1. The first-order valence-electron chi connectivity index (χ1n) is 10.1. The lowest BCUT2D eigenvalue weighted by Crippen LogP contribution is -2.56. The highest BCUT2D eigenvalue weighted by Gasteiger charge is 2.42. The van der Waals surface area contributed by atoms with Gasteiger partial charge < -0.3 is 20.3 Å². The van der Waals surface area contributed by atoms with E-state index in [4.69, 9.17) is 4.74 Å². The number of halogens is 1. The molecule has 2 aliphatic heterocycles. The zero-order valence-corrected chi connectivity index (χ0v) is 18.0. The van der Waals surface area contributed by atoms with E-state index in [0.717, 1.165) is 31.6 Å². The van der Waals surface area contributed by atoms with Crippen LogP contribution in [0.5, 0.6) is 0 Å². The molecule has 29 heavy (non-hydrogen) atoms. The van der Waals surface area contributed by atoms with Crippen LogP contribution in [0.3, 0.4) is 0 Å². The Morgan fingerprint density at radius 2 is 2.14 bits per heavy atom. The van der Waals surface area contributed by atoms with Gasteiger partial charge in [-0.2, -0.15) is 0 Å². The summed E-state index contributed by atoms with van der Waals surface area (Å²) < 4.78 is 43.0. The second kappa shape index (κ2) is 9.30. The van der Waals surface area contributed by atoms with E-state index in [2.05, 4.69) is 20.5 Å². The smallest absolute Gasteiger partial charge is 0.191 e. The van der Waals surface area contributed by atoms with Gasteiger partial charge in [0.2, 0.25) is 0 Å². The van der Waals surface area contributed by atoms with E-state index in [1.807, 2.05) is 6.07 Å². The lowest BCUT2D eigenvalue weighted by atomic mass is 9.99. The van der Waals surface area contributed by atoms with Crippen LogP contribution in [0.15, 0.2) is 29.3 Å². The maximum absolute atomic E-state index is 13.6. The minimum Gasteiger partial charge on any atom is -0.381 e. The van der Waals surface area contributed by atoms with Gasteiger partial charge in [-0.15, -0.1) is 0 Å². The zero-order chi connectivity index (χ0) is 20.9. The van der Waals surface area contributed by atoms with Crippen molar-refractivity contribution < 1.29 is 17.5 Å². The summed E-state index contributed by atoms with van der Waals surface area (Å²) in [5.74, 6) is 0.350. The molecule has 0 radical (unpaired) electrons. The summed E-state index contributed by atoms with van der Waals surface area (Å²) in [5, 5.41) is 6.63. The number of anilines is 1. The van der Waals surface area contributed by atoms with E-state index in [0.29, 0.717) is 38.6 Å². The van der Waals surface area contributed by atoms with Gasteiger partial charge in [-0.05, 0) is 43.9 Å². The third kappa shape index (κ3) is 5.39. The zero-order valence-electron chi connectivity index (χ0n) is 17.2. The van der Waals surface area contributed by atoms with Crippen LogP contribution in [0, 0.1) is 5.82 Å². The minimum absolute atomic E-state index is 0.141. The SMILES string of the molecule is CN=C(NCC1(S(C)(=O)=O)CCOCC1)NC1CCCN(c2cccc(F)c2)C1. The van der Waals surface area contributed by atoms with E-state index >= 15 is 0 Å². The molecule has 0 aliphatic carbocycles. The second-order valence-electron chi connectivity index (χ2n) is 7.90. The van der Waals surface area contributed by atoms with Crippen molar-refractivity contribution in [3.05, 3.63) is 30.1 Å². The Bertz CT molecular complexity index is 825. The molecule has 0 saturated carbocycles. The maximum Gasteiger partial charge on any atom is 0.191 e. The van der Waals surface area contributed by atoms with Crippen molar-refractivity contribution in [1.29, 1.82) is 0 Å². The predicted octanol–water partition coefficient (Wildman–Crippen LogP) is 1.55. The fraction of sp³-hybridized carbons (Fsp3) is 0.650. The molecule has 2 saturated heterocycles. The third-order valence-electron chi connectivity index (χ3n) is 5.93. The van der Waals surface area contributed by atoms with Gasteiger partial charge in [0.05, 0.1) is 4.75 Å². The van der Waals surface area contributed by atoms with Gasteiger partial charge >= 0.3 is 0 Å². The molecular weight excluding hydrogens is 395 g/mol. The van der Waals surface area contributed by atoms with E-state index in [9.17, 15) is 12.8 Å². The number of sulfone groups is 1. The Morgan fingerprint density at radius 1 is 1.38 bits per heavy atom. The highest BCUT2D eigenvalue weighted by molar-refractivity contribution is 7.92. The van der Waals surface area contributed by atoms with Crippen LogP contribution in [0.25, 0.3) is 0 Å². The first-order chi connectivity index (χ1) is 13.8. The van der Waals surface area contributed by atoms with Crippen molar-refractivity contribution in [1.82, 2.24) is 10.6 Å². The highest BCUT2D eigenvalue weighted by Crippen LogP contribution is 2.28. The lowest BCUT2D eigenvalue weighted by Gasteiger charge is -2.37. The summed E-state index contributed by atoms with van der Waals surface area (Å²) in [5.41, 5.74) is 0.873. The average Bonchev–Trinajstić information content (AvgIpc) is 2.71. The lowest BCUT2D eigenvalue weighted by molar-refractivity contribution is 0.0756. The van der Waals surface area contributed by atoms with Gasteiger partial charge in [-0.1, -0.05) is 6.07 Å². The molecule has 1 aromatic rings. The highest BCUT2D eigenvalue weighted by atomic mass is 32.2. The average molecular weight is 427 g/mol. The number of ether oxygens (including phenoxy) is 1. The molecule has 1 unspecified atom stereocenters. The molecule has 0 amide bonds. The van der Waals surface area contributed by atoms with Gasteiger partial charge in [0, 0.05) is 57.9 Å². The van der Waals surface area contributed by atoms with Crippen molar-refractivity contribution in [3.8, 4) is 0 Å². The van der Waals surface area contributed by atoms with E-state index in [1.165, 1.54) is 12.3 Å². The molecule has 2 aliphatic rings. The fourth-order valence-electron chi connectivity index (χ4n) is 4.06. The second-order valence-corrected chi connectivity index (χ2v) is 10.3. The Morgan fingerprint density at radius 3 is 2.79 bits per heavy atom. The van der Waals surface area contributed by atoms with Crippen LogP contribution in [0.1, 0.15) is 25.7 Å². The molecule has 162 valence electrons. The number of nitrogens with zero attached hydrogens (tertiary/aromatic N) is 2. The van der Waals surface area contributed by atoms with Gasteiger partial charge in [0.25, 0.3) is 0 Å². The first kappa shape index (κ1) is 21.8. The van der Waals surface area contributed by atoms with Gasteiger partial charge in [-0.25, -0.2) is 12.8 Å². The molecule has 0 aromatic heterocycles. The van der Waals surface area contributed by atoms with Crippen LogP contribution in [-0.2, 0) is 14.6 Å². The normalized spacial score (nSPS) is 22.9. The summed E-state index contributed by atoms with van der Waals surface area (Å²) in [6.07, 6.45) is 4.21. The van der Waals surface area contributed by atoms with Crippen LogP contribution in [-0.4, -0.2) is 71.3 Å². The summed E-state index contributed by atoms with van der Waals surface area (Å²) in [7, 11) is -1.56. The number of hydrogen-bond donors (Lipinski definition) is 2. The van der Waals surface area contributed by atoms with Crippen LogP contribution in [0.2, 0.25) is 0 Å². The topological polar surface area (TPSA) is 83.0 Å². The van der Waals surface area contributed by atoms with Crippen molar-refractivity contribution in [2.75, 3.05) is 51.1 Å². The molecule has 1 atom stereocenters. The molecule has 1 aromatic carbocycles. The summed E-state index contributed by atoms with van der Waals surface area (Å²) in [6, 6.07) is 6.78. The van der Waals surface area contributed by atoms with Gasteiger partial charge in [0.1, 0.15) is 5.82 Å². The molecule has 2 heterocycles. The number of benzene rings is 1. The number of guanidine groups is 1. The summed E-state index contributed by atoms with van der Waals surface area (Å²) >= 11 is 0.